The Morgan fingerprint density at radius 1 is 0.824 bits per heavy atom. The zero-order chi connectivity index (χ0) is 13.4. The van der Waals surface area contributed by atoms with Crippen LogP contribution < -0.4 is 0 Å². The number of hydrogen-bond acceptors (Lipinski definition) is 8. The predicted molar refractivity (Wildman–Crippen MR) is 58.9 cm³/mol. The van der Waals surface area contributed by atoms with Crippen LogP contribution in [0.5, 0.6) is 0 Å². The van der Waals surface area contributed by atoms with E-state index < -0.39 is 45.4 Å². The Labute approximate surface area is 114 Å². The molecule has 0 amide bonds. The maximum absolute atomic E-state index is 11.1. The van der Waals surface area contributed by atoms with Gasteiger partial charge in [0.05, 0.1) is 0 Å². The van der Waals surface area contributed by atoms with Crippen molar-refractivity contribution in [3.05, 3.63) is 0 Å². The van der Waals surface area contributed by atoms with Crippen LogP contribution in [-0.2, 0) is 24.5 Å². The van der Waals surface area contributed by atoms with Gasteiger partial charge in [0.25, 0.3) is 0 Å². The summed E-state index contributed by atoms with van der Waals surface area (Å²) in [6, 6.07) is 0. The summed E-state index contributed by atoms with van der Waals surface area (Å²) in [6.07, 6.45) is 0.0614. The fourth-order valence-electron chi connectivity index (χ4n) is 0.684. The predicted octanol–water partition coefficient (Wildman–Crippen LogP) is -2.02. The molecule has 0 aliphatic rings. The molecule has 0 spiro atoms. The Balaban J connectivity index is 3.98. The fourth-order valence-corrected chi connectivity index (χ4v) is 7.47. The van der Waals surface area contributed by atoms with Gasteiger partial charge in [-0.15, -0.1) is 0 Å². The first kappa shape index (κ1) is 17.7. The Morgan fingerprint density at radius 2 is 1.18 bits per heavy atom. The summed E-state index contributed by atoms with van der Waals surface area (Å²) in [6.45, 7) is -0.571. The third kappa shape index (κ3) is 10.3. The Bertz CT molecular complexity index is 350. The average Bonchev–Trinajstić information content (AvgIpc) is 2.23. The first-order chi connectivity index (χ1) is 7.83. The SMILES string of the molecule is O=S(=O)(CCCO)[O][Pb][O]S(=O)(=O)CCCO. The molecule has 2 N–H and O–H groups in total. The number of aliphatic hydroxyl groups excluding tert-OH is 2. The Kier molecular flexibility index (Phi) is 9.05. The molecule has 0 atom stereocenters. The third-order valence-corrected chi connectivity index (χ3v) is 11.2. The van der Waals surface area contributed by atoms with Gasteiger partial charge in [-0.3, -0.25) is 0 Å². The van der Waals surface area contributed by atoms with Crippen molar-refractivity contribution in [1.29, 1.82) is 0 Å². The van der Waals surface area contributed by atoms with E-state index in [0.717, 1.165) is 0 Å². The Morgan fingerprint density at radius 3 is 1.47 bits per heavy atom. The summed E-state index contributed by atoms with van der Waals surface area (Å²) in [5.74, 6) is -0.729. The molecule has 17 heavy (non-hydrogen) atoms. The van der Waals surface area contributed by atoms with Crippen LogP contribution in [0.1, 0.15) is 12.8 Å². The van der Waals surface area contributed by atoms with Gasteiger partial charge in [-0.25, -0.2) is 0 Å². The second-order valence-electron chi connectivity index (χ2n) is 2.93. The summed E-state index contributed by atoms with van der Waals surface area (Å²) in [5.41, 5.74) is 0. The summed E-state index contributed by atoms with van der Waals surface area (Å²) in [4.78, 5) is 0. The molecule has 0 aliphatic heterocycles. The fraction of sp³-hybridized carbons (Fsp3) is 1.00. The molecule has 0 fully saturated rings. The summed E-state index contributed by atoms with van der Waals surface area (Å²) in [5, 5.41) is 16.9. The molecule has 0 bridgehead atoms. The minimum absolute atomic E-state index is 0.0307. The van der Waals surface area contributed by atoms with E-state index in [1.165, 1.54) is 0 Å². The van der Waals surface area contributed by atoms with E-state index in [1.54, 1.807) is 0 Å². The first-order valence-electron chi connectivity index (χ1n) is 4.62. The molecule has 11 heteroatoms. The molecule has 0 saturated carbocycles. The van der Waals surface area contributed by atoms with E-state index in [-0.39, 0.29) is 37.6 Å². The monoisotopic (exact) mass is 486 g/mol. The van der Waals surface area contributed by atoms with Gasteiger partial charge < -0.3 is 0 Å². The van der Waals surface area contributed by atoms with Crippen LogP contribution in [-0.4, -0.2) is 76.9 Å². The van der Waals surface area contributed by atoms with Crippen molar-refractivity contribution in [3.8, 4) is 0 Å². The molecule has 0 aromatic carbocycles. The number of aliphatic hydroxyl groups is 2. The van der Waals surface area contributed by atoms with E-state index in [0.29, 0.717) is 0 Å². The van der Waals surface area contributed by atoms with E-state index in [1.807, 2.05) is 0 Å². The second kappa shape index (κ2) is 8.71. The average molecular weight is 486 g/mol. The quantitative estimate of drug-likeness (QED) is 0.340. The van der Waals surface area contributed by atoms with Gasteiger partial charge in [0.1, 0.15) is 0 Å². The Hall–Kier alpha value is 0.662. The normalized spacial score (nSPS) is 12.8. The molecule has 102 valence electrons. The van der Waals surface area contributed by atoms with Crippen LogP contribution in [0.25, 0.3) is 0 Å². The third-order valence-electron chi connectivity index (χ3n) is 1.43. The van der Waals surface area contributed by atoms with Crippen LogP contribution in [0.2, 0.25) is 0 Å². The van der Waals surface area contributed by atoms with Gasteiger partial charge in [-0.05, 0) is 0 Å². The van der Waals surface area contributed by atoms with Gasteiger partial charge in [-0.1, -0.05) is 0 Å². The van der Waals surface area contributed by atoms with E-state index in [2.05, 4.69) is 4.27 Å². The molecule has 0 aliphatic carbocycles. The van der Waals surface area contributed by atoms with Crippen LogP contribution in [0, 0.1) is 0 Å². The van der Waals surface area contributed by atoms with Crippen LogP contribution in [0.15, 0.2) is 0 Å². The van der Waals surface area contributed by atoms with Crippen LogP contribution in [0.3, 0.4) is 0 Å². The molecule has 0 aromatic heterocycles. The molecular weight excluding hydrogens is 471 g/mol. The number of rotatable bonds is 10. The summed E-state index contributed by atoms with van der Waals surface area (Å²) >= 11 is -2.70. The van der Waals surface area contributed by atoms with Crippen LogP contribution >= 0.6 is 0 Å². The molecule has 0 heterocycles. The van der Waals surface area contributed by atoms with E-state index in [4.69, 9.17) is 10.2 Å². The zero-order valence-corrected chi connectivity index (χ0v) is 14.4. The molecule has 2 radical (unpaired) electrons. The van der Waals surface area contributed by atoms with Gasteiger partial charge in [0.15, 0.2) is 0 Å². The molecule has 8 nitrogen and oxygen atoms in total. The molecule has 0 unspecified atom stereocenters. The van der Waals surface area contributed by atoms with Gasteiger partial charge in [-0.2, -0.15) is 0 Å². The van der Waals surface area contributed by atoms with Crippen molar-refractivity contribution in [1.82, 2.24) is 0 Å². The summed E-state index contributed by atoms with van der Waals surface area (Å²) < 4.78 is 53.2. The zero-order valence-electron chi connectivity index (χ0n) is 8.90. The number of hydrogen-bond donors (Lipinski definition) is 2. The van der Waals surface area contributed by atoms with Gasteiger partial charge >= 0.3 is 114 Å². The minimum atomic E-state index is -3.80. The topological polar surface area (TPSA) is 127 Å². The van der Waals surface area contributed by atoms with Crippen molar-refractivity contribution in [3.63, 3.8) is 0 Å². The first-order valence-corrected chi connectivity index (χ1v) is 10.9. The second-order valence-corrected chi connectivity index (χ2v) is 10.8. The van der Waals surface area contributed by atoms with Crippen molar-refractivity contribution in [2.75, 3.05) is 24.7 Å². The standard InChI is InChI=1S/2C3H8O4S.Pb/c2*4-2-1-3-8(5,6)7;/h2*4H,1-3H2,(H,5,6,7);/q;;+2/p-2. The molecule has 0 rings (SSSR count). The van der Waals surface area contributed by atoms with Crippen molar-refractivity contribution < 1.29 is 31.3 Å². The van der Waals surface area contributed by atoms with Crippen molar-refractivity contribution in [2.45, 2.75) is 12.8 Å². The molecule has 0 aromatic rings. The summed E-state index contributed by atoms with van der Waals surface area (Å²) in [7, 11) is -7.60. The maximum atomic E-state index is 11.1. The van der Waals surface area contributed by atoms with E-state index in [9.17, 15) is 16.8 Å². The van der Waals surface area contributed by atoms with Crippen molar-refractivity contribution in [2.24, 2.45) is 0 Å². The van der Waals surface area contributed by atoms with Crippen molar-refractivity contribution >= 4 is 45.4 Å². The van der Waals surface area contributed by atoms with E-state index >= 15 is 0 Å². The van der Waals surface area contributed by atoms with Gasteiger partial charge in [0, 0.05) is 0 Å². The van der Waals surface area contributed by atoms with Gasteiger partial charge in [0.2, 0.25) is 0 Å². The van der Waals surface area contributed by atoms with Crippen LogP contribution in [0.4, 0.5) is 0 Å². The molecular formula is C6H14O8PbS2. The molecule has 0 saturated heterocycles.